The highest BCUT2D eigenvalue weighted by molar-refractivity contribution is 6.08. The van der Waals surface area contributed by atoms with E-state index in [0.29, 0.717) is 30.3 Å². The Morgan fingerprint density at radius 1 is 1.17 bits per heavy atom. The zero-order valence-corrected chi connectivity index (χ0v) is 13.2. The van der Waals surface area contributed by atoms with Crippen molar-refractivity contribution in [3.63, 3.8) is 0 Å². The molecule has 2 atom stereocenters. The molecule has 0 spiro atoms. The molecule has 0 aliphatic carbocycles. The molecule has 6 nitrogen and oxygen atoms in total. The summed E-state index contributed by atoms with van der Waals surface area (Å²) < 4.78 is 13.2. The fourth-order valence-electron chi connectivity index (χ4n) is 3.44. The summed E-state index contributed by atoms with van der Waals surface area (Å²) in [6.45, 7) is 5.16. The molecule has 3 heterocycles. The number of aromatic nitrogens is 2. The molecular formula is C17H19N3O3. The number of amides is 1. The Hall–Kier alpha value is -2.50. The lowest BCUT2D eigenvalue weighted by Crippen LogP contribution is -2.45. The SMILES string of the molecule is C[C@H]1C[C@H](C)n2nccc2N1C(=O)c1cccc2c1OCCO2. The normalized spacial score (nSPS) is 22.6. The van der Waals surface area contributed by atoms with Crippen molar-refractivity contribution < 1.29 is 14.3 Å². The van der Waals surface area contributed by atoms with Crippen LogP contribution in [0, 0.1) is 0 Å². The summed E-state index contributed by atoms with van der Waals surface area (Å²) in [5.41, 5.74) is 0.538. The summed E-state index contributed by atoms with van der Waals surface area (Å²) in [5.74, 6) is 1.93. The van der Waals surface area contributed by atoms with Crippen LogP contribution >= 0.6 is 0 Å². The number of carbonyl (C=O) groups excluding carboxylic acids is 1. The lowest BCUT2D eigenvalue weighted by atomic mass is 10.0. The van der Waals surface area contributed by atoms with Gasteiger partial charge in [-0.1, -0.05) is 6.07 Å². The number of nitrogens with zero attached hydrogens (tertiary/aromatic N) is 3. The van der Waals surface area contributed by atoms with Gasteiger partial charge in [0.25, 0.3) is 5.91 Å². The lowest BCUT2D eigenvalue weighted by molar-refractivity contribution is 0.0955. The van der Waals surface area contributed by atoms with E-state index in [1.807, 2.05) is 22.9 Å². The number of para-hydroxylation sites is 1. The third-order valence-electron chi connectivity index (χ3n) is 4.45. The molecule has 0 saturated heterocycles. The third-order valence-corrected chi connectivity index (χ3v) is 4.45. The fourth-order valence-corrected chi connectivity index (χ4v) is 3.44. The molecule has 2 aromatic rings. The van der Waals surface area contributed by atoms with E-state index < -0.39 is 0 Å². The molecule has 0 saturated carbocycles. The molecule has 0 radical (unpaired) electrons. The lowest BCUT2D eigenvalue weighted by Gasteiger charge is -2.37. The molecule has 1 amide bonds. The van der Waals surface area contributed by atoms with Gasteiger partial charge in [0.1, 0.15) is 19.0 Å². The Morgan fingerprint density at radius 3 is 2.87 bits per heavy atom. The second-order valence-electron chi connectivity index (χ2n) is 6.07. The van der Waals surface area contributed by atoms with E-state index in [0.717, 1.165) is 12.2 Å². The van der Waals surface area contributed by atoms with E-state index in [2.05, 4.69) is 18.9 Å². The maximum absolute atomic E-state index is 13.2. The van der Waals surface area contributed by atoms with Gasteiger partial charge in [-0.2, -0.15) is 5.10 Å². The first-order chi connectivity index (χ1) is 11.2. The molecular weight excluding hydrogens is 294 g/mol. The van der Waals surface area contributed by atoms with E-state index in [1.165, 1.54) is 0 Å². The first kappa shape index (κ1) is 14.1. The van der Waals surface area contributed by atoms with Crippen LogP contribution < -0.4 is 14.4 Å². The molecule has 1 aromatic carbocycles. The van der Waals surface area contributed by atoms with Crippen LogP contribution in [0.1, 0.15) is 36.7 Å². The summed E-state index contributed by atoms with van der Waals surface area (Å²) >= 11 is 0. The van der Waals surface area contributed by atoms with E-state index in [9.17, 15) is 4.79 Å². The minimum atomic E-state index is -0.0755. The van der Waals surface area contributed by atoms with E-state index >= 15 is 0 Å². The molecule has 0 N–H and O–H groups in total. The van der Waals surface area contributed by atoms with Crippen molar-refractivity contribution in [2.75, 3.05) is 18.1 Å². The quantitative estimate of drug-likeness (QED) is 0.812. The third kappa shape index (κ3) is 2.17. The van der Waals surface area contributed by atoms with Gasteiger partial charge in [0, 0.05) is 12.1 Å². The average molecular weight is 313 g/mol. The van der Waals surface area contributed by atoms with Gasteiger partial charge in [-0.25, -0.2) is 4.68 Å². The number of hydrogen-bond donors (Lipinski definition) is 0. The second-order valence-corrected chi connectivity index (χ2v) is 6.07. The van der Waals surface area contributed by atoms with Gasteiger partial charge in [-0.3, -0.25) is 9.69 Å². The van der Waals surface area contributed by atoms with Crippen molar-refractivity contribution in [3.8, 4) is 11.5 Å². The number of rotatable bonds is 1. The largest absolute Gasteiger partial charge is 0.486 e. The van der Waals surface area contributed by atoms with Crippen LogP contribution in [-0.2, 0) is 0 Å². The first-order valence-corrected chi connectivity index (χ1v) is 7.92. The monoisotopic (exact) mass is 313 g/mol. The Bertz CT molecular complexity index is 755. The van der Waals surface area contributed by atoms with Crippen molar-refractivity contribution in [2.24, 2.45) is 0 Å². The Labute approximate surface area is 134 Å². The summed E-state index contributed by atoms with van der Waals surface area (Å²) in [5, 5.41) is 4.35. The maximum Gasteiger partial charge on any atom is 0.263 e. The molecule has 4 rings (SSSR count). The van der Waals surface area contributed by atoms with Gasteiger partial charge in [-0.15, -0.1) is 0 Å². The van der Waals surface area contributed by atoms with Crippen molar-refractivity contribution in [3.05, 3.63) is 36.0 Å². The maximum atomic E-state index is 13.2. The molecule has 2 aliphatic heterocycles. The number of ether oxygens (including phenoxy) is 2. The van der Waals surface area contributed by atoms with Gasteiger partial charge < -0.3 is 9.47 Å². The molecule has 1 aromatic heterocycles. The minimum absolute atomic E-state index is 0.0755. The smallest absolute Gasteiger partial charge is 0.263 e. The number of carbonyl (C=O) groups is 1. The summed E-state index contributed by atoms with van der Waals surface area (Å²) in [6.07, 6.45) is 2.61. The number of anilines is 1. The van der Waals surface area contributed by atoms with Gasteiger partial charge in [0.05, 0.1) is 17.8 Å². The summed E-state index contributed by atoms with van der Waals surface area (Å²) in [6, 6.07) is 7.72. The highest BCUT2D eigenvalue weighted by atomic mass is 16.6. The summed E-state index contributed by atoms with van der Waals surface area (Å²) in [4.78, 5) is 15.0. The van der Waals surface area contributed by atoms with Crippen LogP contribution in [0.15, 0.2) is 30.5 Å². The highest BCUT2D eigenvalue weighted by Gasteiger charge is 2.35. The Kier molecular flexibility index (Phi) is 3.25. The first-order valence-electron chi connectivity index (χ1n) is 7.92. The van der Waals surface area contributed by atoms with Crippen LogP contribution in [-0.4, -0.2) is 34.9 Å². The molecule has 6 heteroatoms. The van der Waals surface area contributed by atoms with E-state index in [-0.39, 0.29) is 18.0 Å². The van der Waals surface area contributed by atoms with Crippen molar-refractivity contribution in [1.29, 1.82) is 0 Å². The molecule has 23 heavy (non-hydrogen) atoms. The molecule has 0 unspecified atom stereocenters. The zero-order valence-electron chi connectivity index (χ0n) is 13.2. The van der Waals surface area contributed by atoms with Crippen molar-refractivity contribution in [1.82, 2.24) is 9.78 Å². The standard InChI is InChI=1S/C17H19N3O3/c1-11-10-12(2)20-15(6-7-18-20)19(11)17(21)13-4-3-5-14-16(13)23-9-8-22-14/h3-7,11-12H,8-10H2,1-2H3/t11-,12-/m0/s1. The van der Waals surface area contributed by atoms with Crippen LogP contribution in [0.3, 0.4) is 0 Å². The van der Waals surface area contributed by atoms with Gasteiger partial charge in [0.15, 0.2) is 11.5 Å². The number of fused-ring (bicyclic) bond motifs is 2. The van der Waals surface area contributed by atoms with Gasteiger partial charge in [-0.05, 0) is 32.4 Å². The summed E-state index contributed by atoms with van der Waals surface area (Å²) in [7, 11) is 0. The zero-order chi connectivity index (χ0) is 16.0. The molecule has 120 valence electrons. The predicted molar refractivity (Wildman–Crippen MR) is 85.3 cm³/mol. The number of hydrogen-bond acceptors (Lipinski definition) is 4. The topological polar surface area (TPSA) is 56.6 Å². The van der Waals surface area contributed by atoms with Crippen LogP contribution in [0.4, 0.5) is 5.82 Å². The van der Waals surface area contributed by atoms with Gasteiger partial charge in [0.2, 0.25) is 0 Å². The van der Waals surface area contributed by atoms with Crippen LogP contribution in [0.5, 0.6) is 11.5 Å². The minimum Gasteiger partial charge on any atom is -0.486 e. The predicted octanol–water partition coefficient (Wildman–Crippen LogP) is 2.65. The molecule has 2 aliphatic rings. The highest BCUT2D eigenvalue weighted by Crippen LogP contribution is 2.37. The van der Waals surface area contributed by atoms with Gasteiger partial charge >= 0.3 is 0 Å². The van der Waals surface area contributed by atoms with Crippen molar-refractivity contribution >= 4 is 11.7 Å². The Morgan fingerprint density at radius 2 is 2.00 bits per heavy atom. The van der Waals surface area contributed by atoms with Crippen molar-refractivity contribution in [2.45, 2.75) is 32.4 Å². The number of benzene rings is 1. The second kappa shape index (κ2) is 5.30. The average Bonchev–Trinajstić information content (AvgIpc) is 3.04. The van der Waals surface area contributed by atoms with E-state index in [4.69, 9.17) is 9.47 Å². The fraction of sp³-hybridized carbons (Fsp3) is 0.412. The van der Waals surface area contributed by atoms with Crippen LogP contribution in [0.25, 0.3) is 0 Å². The Balaban J connectivity index is 1.77. The molecule has 0 fully saturated rings. The molecule has 0 bridgehead atoms. The van der Waals surface area contributed by atoms with E-state index in [1.54, 1.807) is 17.2 Å². The van der Waals surface area contributed by atoms with Crippen LogP contribution in [0.2, 0.25) is 0 Å².